The summed E-state index contributed by atoms with van der Waals surface area (Å²) in [6.07, 6.45) is 0. The highest BCUT2D eigenvalue weighted by atomic mass is 15.1. The maximum absolute atomic E-state index is 2.45. The first kappa shape index (κ1) is 45.8. The van der Waals surface area contributed by atoms with Gasteiger partial charge in [-0.25, -0.2) is 0 Å². The van der Waals surface area contributed by atoms with Gasteiger partial charge in [0.2, 0.25) is 0 Å². The number of para-hydroxylation sites is 1. The van der Waals surface area contributed by atoms with E-state index in [0.29, 0.717) is 0 Å². The van der Waals surface area contributed by atoms with Crippen LogP contribution in [0.25, 0.3) is 105 Å². The van der Waals surface area contributed by atoms with Crippen molar-refractivity contribution in [2.45, 2.75) is 19.3 Å². The molecule has 1 aliphatic carbocycles. The van der Waals surface area contributed by atoms with E-state index in [1.807, 2.05) is 0 Å². The fraction of sp³-hybridized carbons (Fsp3) is 0.0400. The van der Waals surface area contributed by atoms with Crippen molar-refractivity contribution in [1.29, 1.82) is 0 Å². The van der Waals surface area contributed by atoms with Crippen molar-refractivity contribution >= 4 is 38.9 Å². The number of fused-ring (bicyclic) bond motifs is 6. The molecule has 0 amide bonds. The van der Waals surface area contributed by atoms with Crippen LogP contribution in [0, 0.1) is 0 Å². The van der Waals surface area contributed by atoms with E-state index in [9.17, 15) is 0 Å². The van der Waals surface area contributed by atoms with Gasteiger partial charge in [-0.05, 0) is 150 Å². The molecule has 0 N–H and O–H groups in total. The Morgan fingerprint density at radius 1 is 0.273 bits per heavy atom. The first-order valence-corrected chi connectivity index (χ1v) is 26.7. The second-order valence-corrected chi connectivity index (χ2v) is 20.9. The van der Waals surface area contributed by atoms with Crippen LogP contribution in [0.2, 0.25) is 0 Å². The molecule has 13 aromatic rings. The van der Waals surface area contributed by atoms with Crippen LogP contribution >= 0.6 is 0 Å². The maximum atomic E-state index is 2.45. The third-order valence-corrected chi connectivity index (χ3v) is 16.1. The van der Waals surface area contributed by atoms with Gasteiger partial charge in [0.15, 0.2) is 0 Å². The van der Waals surface area contributed by atoms with E-state index in [4.69, 9.17) is 0 Å². The van der Waals surface area contributed by atoms with Crippen LogP contribution in [-0.4, -0.2) is 4.57 Å². The molecular weight excluding hydrogens is 929 g/mol. The SMILES string of the molecule is CC1(C)c2ccccc2-c2ccc(N(c3ccc(-c4ccc(-c5ccc(-n6c7ccc(-c8ccccc8)cc7c7cc(-c8ccccc8)ccc76)cc5)cc4)cc3)c3ccccc3-c3ccccc3-c3ccccc3)cc21. The van der Waals surface area contributed by atoms with Crippen molar-refractivity contribution < 1.29 is 0 Å². The van der Waals surface area contributed by atoms with Gasteiger partial charge in [-0.1, -0.05) is 238 Å². The molecule has 2 nitrogen and oxygen atoms in total. The van der Waals surface area contributed by atoms with Crippen molar-refractivity contribution in [1.82, 2.24) is 4.57 Å². The lowest BCUT2D eigenvalue weighted by atomic mass is 9.82. The van der Waals surface area contributed by atoms with Crippen molar-refractivity contribution in [3.05, 3.63) is 302 Å². The molecule has 1 aromatic heterocycles. The molecule has 2 heteroatoms. The summed E-state index contributed by atoms with van der Waals surface area (Å²) in [7, 11) is 0. The van der Waals surface area contributed by atoms with E-state index in [2.05, 4.69) is 315 Å². The van der Waals surface area contributed by atoms with Gasteiger partial charge in [0, 0.05) is 38.8 Å². The second kappa shape index (κ2) is 18.9. The molecule has 12 aromatic carbocycles. The van der Waals surface area contributed by atoms with Crippen molar-refractivity contribution in [2.75, 3.05) is 4.90 Å². The van der Waals surface area contributed by atoms with Crippen LogP contribution in [0.1, 0.15) is 25.0 Å². The standard InChI is InChI=1S/C75H54N2/c1-75(2)70-28-16-14-26-65(70)66-45-44-62(50-71(66)75)76(72-29-17-15-27-67(72)64-25-13-12-24-63(64)57-22-10-5-11-23-57)60-40-34-55(35-41-60)53-30-32-54(33-31-53)56-36-42-61(43-37-56)77-73-46-38-58(51-18-6-3-7-19-51)48-68(73)69-49-59(39-47-74(69)77)52-20-8-4-9-21-52/h3-50H,1-2H3. The summed E-state index contributed by atoms with van der Waals surface area (Å²) < 4.78 is 2.41. The summed E-state index contributed by atoms with van der Waals surface area (Å²) in [5, 5.41) is 2.49. The predicted molar refractivity (Wildman–Crippen MR) is 326 cm³/mol. The van der Waals surface area contributed by atoms with Gasteiger partial charge in [0.1, 0.15) is 0 Å². The lowest BCUT2D eigenvalue weighted by Gasteiger charge is -2.30. The summed E-state index contributed by atoms with van der Waals surface area (Å²) in [6.45, 7) is 4.72. The number of rotatable bonds is 10. The molecule has 0 bridgehead atoms. The number of aromatic nitrogens is 1. The lowest BCUT2D eigenvalue weighted by molar-refractivity contribution is 0.660. The quantitative estimate of drug-likeness (QED) is 0.133. The largest absolute Gasteiger partial charge is 0.310 e. The van der Waals surface area contributed by atoms with Crippen LogP contribution < -0.4 is 4.90 Å². The zero-order chi connectivity index (χ0) is 51.5. The van der Waals surface area contributed by atoms with E-state index < -0.39 is 0 Å². The van der Waals surface area contributed by atoms with Crippen LogP contribution in [0.5, 0.6) is 0 Å². The first-order chi connectivity index (χ1) is 37.9. The predicted octanol–water partition coefficient (Wildman–Crippen LogP) is 20.6. The molecule has 364 valence electrons. The first-order valence-electron chi connectivity index (χ1n) is 26.7. The Balaban J connectivity index is 0.799. The Hall–Kier alpha value is -9.76. The number of hydrogen-bond donors (Lipinski definition) is 0. The number of nitrogens with zero attached hydrogens (tertiary/aromatic N) is 2. The van der Waals surface area contributed by atoms with Crippen LogP contribution in [-0.2, 0) is 5.41 Å². The molecule has 1 heterocycles. The van der Waals surface area contributed by atoms with Gasteiger partial charge in [-0.3, -0.25) is 0 Å². The molecule has 0 unspecified atom stereocenters. The molecule has 77 heavy (non-hydrogen) atoms. The molecule has 0 saturated carbocycles. The zero-order valence-corrected chi connectivity index (χ0v) is 43.1. The van der Waals surface area contributed by atoms with Crippen LogP contribution in [0.3, 0.4) is 0 Å². The van der Waals surface area contributed by atoms with Gasteiger partial charge in [-0.15, -0.1) is 0 Å². The topological polar surface area (TPSA) is 8.17 Å². The third-order valence-electron chi connectivity index (χ3n) is 16.1. The highest BCUT2D eigenvalue weighted by molar-refractivity contribution is 6.12. The van der Waals surface area contributed by atoms with E-state index >= 15 is 0 Å². The summed E-state index contributed by atoms with van der Waals surface area (Å²) >= 11 is 0. The Kier molecular flexibility index (Phi) is 11.2. The van der Waals surface area contributed by atoms with Gasteiger partial charge in [0.05, 0.1) is 16.7 Å². The molecule has 0 spiro atoms. The second-order valence-electron chi connectivity index (χ2n) is 20.9. The van der Waals surface area contributed by atoms with E-state index in [0.717, 1.165) is 22.7 Å². The minimum atomic E-state index is -0.140. The van der Waals surface area contributed by atoms with E-state index in [1.54, 1.807) is 0 Å². The minimum absolute atomic E-state index is 0.140. The maximum Gasteiger partial charge on any atom is 0.0541 e. The van der Waals surface area contributed by atoms with Crippen molar-refractivity contribution in [3.8, 4) is 83.6 Å². The molecule has 0 radical (unpaired) electrons. The van der Waals surface area contributed by atoms with Crippen LogP contribution in [0.4, 0.5) is 17.1 Å². The molecule has 1 aliphatic rings. The van der Waals surface area contributed by atoms with Gasteiger partial charge in [-0.2, -0.15) is 0 Å². The van der Waals surface area contributed by atoms with Crippen LogP contribution in [0.15, 0.2) is 291 Å². The molecular formula is C75H54N2. The summed E-state index contributed by atoms with van der Waals surface area (Å²) in [5.41, 5.74) is 26.4. The summed E-state index contributed by atoms with van der Waals surface area (Å²) in [4.78, 5) is 2.45. The summed E-state index contributed by atoms with van der Waals surface area (Å²) in [5.74, 6) is 0. The average molecular weight is 983 g/mol. The fourth-order valence-corrected chi connectivity index (χ4v) is 12.1. The third kappa shape index (κ3) is 8.05. The van der Waals surface area contributed by atoms with Gasteiger partial charge < -0.3 is 9.47 Å². The average Bonchev–Trinajstić information content (AvgIpc) is 4.09. The molecule has 0 atom stereocenters. The van der Waals surface area contributed by atoms with Crippen molar-refractivity contribution in [3.63, 3.8) is 0 Å². The number of anilines is 3. The lowest BCUT2D eigenvalue weighted by Crippen LogP contribution is -2.17. The Bertz CT molecular complexity index is 4210. The molecule has 14 rings (SSSR count). The molecule has 0 aliphatic heterocycles. The number of hydrogen-bond acceptors (Lipinski definition) is 1. The van der Waals surface area contributed by atoms with Gasteiger partial charge in [0.25, 0.3) is 0 Å². The molecule has 0 fully saturated rings. The van der Waals surface area contributed by atoms with E-state index in [-0.39, 0.29) is 5.41 Å². The fourth-order valence-electron chi connectivity index (χ4n) is 12.1. The van der Waals surface area contributed by atoms with Crippen molar-refractivity contribution in [2.24, 2.45) is 0 Å². The Morgan fingerprint density at radius 2 is 0.675 bits per heavy atom. The normalized spacial score (nSPS) is 12.4. The Morgan fingerprint density at radius 3 is 1.25 bits per heavy atom. The smallest absolute Gasteiger partial charge is 0.0541 e. The molecule has 0 saturated heterocycles. The summed E-state index contributed by atoms with van der Waals surface area (Å²) in [6, 6.07) is 107. The van der Waals surface area contributed by atoms with E-state index in [1.165, 1.54) is 111 Å². The minimum Gasteiger partial charge on any atom is -0.310 e. The van der Waals surface area contributed by atoms with Gasteiger partial charge >= 0.3 is 0 Å². The highest BCUT2D eigenvalue weighted by Crippen LogP contribution is 2.52. The monoisotopic (exact) mass is 982 g/mol. The Labute approximate surface area is 451 Å². The zero-order valence-electron chi connectivity index (χ0n) is 43.1. The number of benzene rings is 12. The highest BCUT2D eigenvalue weighted by Gasteiger charge is 2.36.